The number of aryl methyl sites for hydroxylation is 1. The Labute approximate surface area is 159 Å². The number of nitrogens with one attached hydrogen (secondary N) is 1. The Hall–Kier alpha value is -1.86. The summed E-state index contributed by atoms with van der Waals surface area (Å²) < 4.78 is 5.17. The van der Waals surface area contributed by atoms with Crippen LogP contribution in [-0.2, 0) is 6.54 Å². The Morgan fingerprint density at radius 2 is 2.19 bits per heavy atom. The predicted octanol–water partition coefficient (Wildman–Crippen LogP) is 2.93. The van der Waals surface area contributed by atoms with Crippen LogP contribution in [0.3, 0.4) is 0 Å². The van der Waals surface area contributed by atoms with Gasteiger partial charge >= 0.3 is 0 Å². The van der Waals surface area contributed by atoms with Crippen molar-refractivity contribution in [3.05, 3.63) is 39.9 Å². The number of hydrogen-bond acceptors (Lipinski definition) is 5. The van der Waals surface area contributed by atoms with E-state index in [2.05, 4.69) is 50.9 Å². The average molecular weight is 376 g/mol. The molecule has 0 radical (unpaired) electrons. The van der Waals surface area contributed by atoms with Crippen molar-refractivity contribution in [3.63, 3.8) is 0 Å². The van der Waals surface area contributed by atoms with Gasteiger partial charge in [0.05, 0.1) is 5.69 Å². The number of thiophene rings is 1. The van der Waals surface area contributed by atoms with Gasteiger partial charge in [-0.15, -0.1) is 0 Å². The highest BCUT2D eigenvalue weighted by molar-refractivity contribution is 7.07. The van der Waals surface area contributed by atoms with E-state index in [4.69, 9.17) is 9.52 Å². The largest absolute Gasteiger partial charge is 0.361 e. The molecule has 2 aromatic heterocycles. The molecular formula is C19H29N5OS. The second kappa shape index (κ2) is 9.19. The lowest BCUT2D eigenvalue weighted by atomic mass is 10.1. The molecule has 1 saturated heterocycles. The van der Waals surface area contributed by atoms with E-state index in [1.54, 1.807) is 11.3 Å². The van der Waals surface area contributed by atoms with Crippen molar-refractivity contribution in [2.75, 3.05) is 39.3 Å². The quantitative estimate of drug-likeness (QED) is 0.621. The van der Waals surface area contributed by atoms with Crippen LogP contribution >= 0.6 is 11.3 Å². The lowest BCUT2D eigenvalue weighted by Crippen LogP contribution is -2.52. The number of aromatic nitrogens is 1. The number of nitrogens with zero attached hydrogens (tertiary/aromatic N) is 4. The molecule has 1 aliphatic rings. The van der Waals surface area contributed by atoms with E-state index >= 15 is 0 Å². The molecule has 3 rings (SSSR count). The van der Waals surface area contributed by atoms with Crippen molar-refractivity contribution in [2.45, 2.75) is 33.2 Å². The third-order valence-electron chi connectivity index (χ3n) is 4.70. The molecule has 1 atom stereocenters. The molecule has 1 aliphatic heterocycles. The second-order valence-corrected chi connectivity index (χ2v) is 7.62. The summed E-state index contributed by atoms with van der Waals surface area (Å²) in [6.45, 7) is 12.9. The van der Waals surface area contributed by atoms with Crippen LogP contribution in [0.15, 0.2) is 32.4 Å². The topological polar surface area (TPSA) is 56.9 Å². The van der Waals surface area contributed by atoms with Gasteiger partial charge in [0.25, 0.3) is 0 Å². The predicted molar refractivity (Wildman–Crippen MR) is 107 cm³/mol. The summed E-state index contributed by atoms with van der Waals surface area (Å²) in [6, 6.07) is 4.21. The molecule has 3 heterocycles. The van der Waals surface area contributed by atoms with Crippen molar-refractivity contribution in [1.82, 2.24) is 20.3 Å². The third-order valence-corrected chi connectivity index (χ3v) is 5.40. The summed E-state index contributed by atoms with van der Waals surface area (Å²) >= 11 is 1.75. The van der Waals surface area contributed by atoms with E-state index in [1.165, 1.54) is 5.56 Å². The van der Waals surface area contributed by atoms with Crippen molar-refractivity contribution >= 4 is 17.3 Å². The van der Waals surface area contributed by atoms with Crippen molar-refractivity contribution in [2.24, 2.45) is 4.99 Å². The van der Waals surface area contributed by atoms with E-state index in [1.807, 2.05) is 13.0 Å². The highest BCUT2D eigenvalue weighted by Gasteiger charge is 2.20. The molecule has 1 N–H and O–H groups in total. The normalized spacial score (nSPS) is 17.5. The Bertz CT molecular complexity index is 689. The van der Waals surface area contributed by atoms with E-state index in [9.17, 15) is 0 Å². The summed E-state index contributed by atoms with van der Waals surface area (Å²) in [7, 11) is 0. The maximum absolute atomic E-state index is 5.17. The first-order chi connectivity index (χ1) is 12.7. The molecule has 0 saturated carbocycles. The molecule has 26 heavy (non-hydrogen) atoms. The van der Waals surface area contributed by atoms with E-state index in [-0.39, 0.29) is 0 Å². The van der Waals surface area contributed by atoms with Crippen LogP contribution in [0.5, 0.6) is 0 Å². The maximum Gasteiger partial charge on any atom is 0.194 e. The lowest BCUT2D eigenvalue weighted by molar-refractivity contribution is 0.169. The third kappa shape index (κ3) is 5.08. The van der Waals surface area contributed by atoms with Gasteiger partial charge in [0.1, 0.15) is 5.76 Å². The van der Waals surface area contributed by atoms with Crippen LogP contribution in [0, 0.1) is 6.92 Å². The fourth-order valence-electron chi connectivity index (χ4n) is 3.15. The van der Waals surface area contributed by atoms with Gasteiger partial charge < -0.3 is 14.7 Å². The van der Waals surface area contributed by atoms with E-state index in [0.717, 1.165) is 63.2 Å². The molecule has 6 nitrogen and oxygen atoms in total. The number of rotatable bonds is 6. The number of hydrogen-bond donors (Lipinski definition) is 1. The van der Waals surface area contributed by atoms with Gasteiger partial charge in [0.15, 0.2) is 5.96 Å². The van der Waals surface area contributed by atoms with Crippen LogP contribution < -0.4 is 5.32 Å². The fourth-order valence-corrected chi connectivity index (χ4v) is 3.93. The molecule has 0 aliphatic carbocycles. The first kappa shape index (κ1) is 18.9. The van der Waals surface area contributed by atoms with Crippen LogP contribution in [0.1, 0.15) is 36.8 Å². The molecule has 0 amide bonds. The van der Waals surface area contributed by atoms with Gasteiger partial charge in [-0.3, -0.25) is 9.89 Å². The van der Waals surface area contributed by atoms with Crippen molar-refractivity contribution in [1.29, 1.82) is 0 Å². The highest BCUT2D eigenvalue weighted by atomic mass is 32.1. The van der Waals surface area contributed by atoms with Crippen molar-refractivity contribution in [3.8, 4) is 0 Å². The first-order valence-corrected chi connectivity index (χ1v) is 10.3. The van der Waals surface area contributed by atoms with Gasteiger partial charge in [-0.05, 0) is 36.2 Å². The summed E-state index contributed by atoms with van der Waals surface area (Å²) in [5, 5.41) is 11.9. The minimum atomic E-state index is 0.451. The van der Waals surface area contributed by atoms with Crippen LogP contribution in [0.2, 0.25) is 0 Å². The number of piperazine rings is 1. The summed E-state index contributed by atoms with van der Waals surface area (Å²) in [5.41, 5.74) is 2.39. The second-order valence-electron chi connectivity index (χ2n) is 6.84. The summed E-state index contributed by atoms with van der Waals surface area (Å²) in [6.07, 6.45) is 0. The van der Waals surface area contributed by atoms with Gasteiger partial charge in [-0.25, -0.2) is 0 Å². The van der Waals surface area contributed by atoms with E-state index < -0.39 is 0 Å². The van der Waals surface area contributed by atoms with Crippen molar-refractivity contribution < 1.29 is 4.52 Å². The zero-order valence-corrected chi connectivity index (χ0v) is 16.8. The van der Waals surface area contributed by atoms with Gasteiger partial charge in [-0.1, -0.05) is 12.1 Å². The zero-order valence-electron chi connectivity index (χ0n) is 15.9. The molecular weight excluding hydrogens is 346 g/mol. The van der Waals surface area contributed by atoms with Crippen LogP contribution in [0.25, 0.3) is 0 Å². The average Bonchev–Trinajstić information content (AvgIpc) is 3.31. The summed E-state index contributed by atoms with van der Waals surface area (Å²) in [5.74, 6) is 2.36. The highest BCUT2D eigenvalue weighted by Crippen LogP contribution is 2.18. The zero-order chi connectivity index (χ0) is 18.4. The molecule has 142 valence electrons. The smallest absolute Gasteiger partial charge is 0.194 e. The minimum absolute atomic E-state index is 0.451. The standard InChI is InChI=1S/C19H29N5OS/c1-4-20-19(21-12-15(2)17-5-10-26-14-17)24-8-6-23(7-9-24)13-18-11-16(3)25-22-18/h5,10-11,14-15H,4,6-9,12-13H2,1-3H3,(H,20,21). The molecule has 0 aromatic carbocycles. The van der Waals surface area contributed by atoms with Gasteiger partial charge in [0.2, 0.25) is 0 Å². The molecule has 1 fully saturated rings. The Morgan fingerprint density at radius 3 is 2.81 bits per heavy atom. The Kier molecular flexibility index (Phi) is 6.68. The number of aliphatic imine (C=N–C) groups is 1. The maximum atomic E-state index is 5.17. The molecule has 0 spiro atoms. The molecule has 7 heteroatoms. The first-order valence-electron chi connectivity index (χ1n) is 9.35. The lowest BCUT2D eigenvalue weighted by Gasteiger charge is -2.36. The van der Waals surface area contributed by atoms with Crippen LogP contribution in [-0.4, -0.2) is 60.2 Å². The fraction of sp³-hybridized carbons (Fsp3) is 0.579. The molecule has 0 bridgehead atoms. The molecule has 1 unspecified atom stereocenters. The Morgan fingerprint density at radius 1 is 1.38 bits per heavy atom. The van der Waals surface area contributed by atoms with E-state index in [0.29, 0.717) is 5.92 Å². The van der Waals surface area contributed by atoms with Gasteiger partial charge in [-0.2, -0.15) is 11.3 Å². The van der Waals surface area contributed by atoms with Crippen LogP contribution in [0.4, 0.5) is 0 Å². The monoisotopic (exact) mass is 375 g/mol. The molecule has 2 aromatic rings. The SMILES string of the molecule is CCNC(=NCC(C)c1ccsc1)N1CCN(Cc2cc(C)on2)CC1. The minimum Gasteiger partial charge on any atom is -0.361 e. The number of guanidine groups is 1. The Balaban J connectivity index is 1.53. The summed E-state index contributed by atoms with van der Waals surface area (Å²) in [4.78, 5) is 9.69. The van der Waals surface area contributed by atoms with Gasteiger partial charge in [0, 0.05) is 57.8 Å².